The molecule has 0 aliphatic rings. The highest BCUT2D eigenvalue weighted by Crippen LogP contribution is 2.28. The van der Waals surface area contributed by atoms with E-state index in [0.29, 0.717) is 11.8 Å². The summed E-state index contributed by atoms with van der Waals surface area (Å²) in [5.41, 5.74) is 2.60. The maximum Gasteiger partial charge on any atom is 0.226 e. The van der Waals surface area contributed by atoms with E-state index in [1.54, 1.807) is 13.3 Å². The summed E-state index contributed by atoms with van der Waals surface area (Å²) < 4.78 is 7.07. The Morgan fingerprint density at radius 1 is 1.03 bits per heavy atom. The molecular weight excluding hydrogens is 364 g/mol. The lowest BCUT2D eigenvalue weighted by molar-refractivity contribution is 0.415. The van der Waals surface area contributed by atoms with Crippen LogP contribution in [0.15, 0.2) is 60.8 Å². The van der Waals surface area contributed by atoms with Crippen molar-refractivity contribution >= 4 is 28.5 Å². The van der Waals surface area contributed by atoms with Crippen LogP contribution in [0.25, 0.3) is 16.7 Å². The fourth-order valence-corrected chi connectivity index (χ4v) is 2.96. The van der Waals surface area contributed by atoms with Crippen molar-refractivity contribution in [1.29, 1.82) is 0 Å². The molecule has 148 valence electrons. The molecular formula is C22H24N6O. The van der Waals surface area contributed by atoms with Crippen LogP contribution in [0.2, 0.25) is 0 Å². The van der Waals surface area contributed by atoms with Gasteiger partial charge in [0, 0.05) is 11.7 Å². The first-order chi connectivity index (χ1) is 14.2. The molecule has 2 aromatic heterocycles. The van der Waals surface area contributed by atoms with Gasteiger partial charge >= 0.3 is 0 Å². The second-order valence-electron chi connectivity index (χ2n) is 6.83. The molecule has 0 saturated heterocycles. The zero-order valence-corrected chi connectivity index (χ0v) is 16.8. The summed E-state index contributed by atoms with van der Waals surface area (Å²) in [4.78, 5) is 9.46. The molecule has 0 aliphatic carbocycles. The Labute approximate surface area is 169 Å². The van der Waals surface area contributed by atoms with Crippen molar-refractivity contribution in [3.05, 3.63) is 60.8 Å². The number of rotatable bonds is 7. The molecule has 29 heavy (non-hydrogen) atoms. The number of hydrogen-bond acceptors (Lipinski definition) is 6. The average molecular weight is 388 g/mol. The van der Waals surface area contributed by atoms with E-state index in [-0.39, 0.29) is 6.04 Å². The highest BCUT2D eigenvalue weighted by Gasteiger charge is 2.15. The van der Waals surface area contributed by atoms with Crippen LogP contribution in [0.3, 0.4) is 0 Å². The number of fused-ring (bicyclic) bond motifs is 1. The first-order valence-corrected chi connectivity index (χ1v) is 9.66. The van der Waals surface area contributed by atoms with Gasteiger partial charge < -0.3 is 15.4 Å². The number of methoxy groups -OCH3 is 1. The van der Waals surface area contributed by atoms with Gasteiger partial charge in [-0.25, -0.2) is 4.68 Å². The molecule has 0 aliphatic heterocycles. The summed E-state index contributed by atoms with van der Waals surface area (Å²) in [5, 5.41) is 12.2. The Kier molecular flexibility index (Phi) is 5.29. The second kappa shape index (κ2) is 8.18. The molecule has 0 saturated carbocycles. The van der Waals surface area contributed by atoms with Crippen molar-refractivity contribution in [3.8, 4) is 11.4 Å². The molecule has 0 spiro atoms. The van der Waals surface area contributed by atoms with Crippen molar-refractivity contribution in [2.45, 2.75) is 26.3 Å². The molecule has 2 aromatic carbocycles. The maximum atomic E-state index is 5.24. The largest absolute Gasteiger partial charge is 0.497 e. The third-order valence-electron chi connectivity index (χ3n) is 4.77. The van der Waals surface area contributed by atoms with E-state index in [1.165, 1.54) is 0 Å². The quantitative estimate of drug-likeness (QED) is 0.475. The number of aromatic nitrogens is 4. The van der Waals surface area contributed by atoms with Crippen LogP contribution in [0, 0.1) is 0 Å². The standard InChI is InChI=1S/C22H24N6O/c1-4-15(2)24-22-26-20(25-16-10-12-18(29-3)13-11-16)19-14-23-28(21(19)27-22)17-8-6-5-7-9-17/h5-15H,4H2,1-3H3,(H2,24,25,26,27)/t15-/m1/s1. The number of nitrogens with one attached hydrogen (secondary N) is 2. The lowest BCUT2D eigenvalue weighted by Crippen LogP contribution is -2.16. The van der Waals surface area contributed by atoms with E-state index in [4.69, 9.17) is 14.7 Å². The number of para-hydroxylation sites is 1. The molecule has 2 N–H and O–H groups in total. The third-order valence-corrected chi connectivity index (χ3v) is 4.77. The van der Waals surface area contributed by atoms with Crippen LogP contribution >= 0.6 is 0 Å². The Bertz CT molecular complexity index is 1090. The van der Waals surface area contributed by atoms with Crippen LogP contribution in [-0.2, 0) is 0 Å². The van der Waals surface area contributed by atoms with Crippen molar-refractivity contribution in [2.75, 3.05) is 17.7 Å². The number of ether oxygens (including phenoxy) is 1. The van der Waals surface area contributed by atoms with E-state index < -0.39 is 0 Å². The summed E-state index contributed by atoms with van der Waals surface area (Å²) in [6, 6.07) is 18.0. The molecule has 0 unspecified atom stereocenters. The first-order valence-electron chi connectivity index (χ1n) is 9.66. The van der Waals surface area contributed by atoms with Gasteiger partial charge in [-0.3, -0.25) is 0 Å². The van der Waals surface area contributed by atoms with Crippen molar-refractivity contribution in [1.82, 2.24) is 19.7 Å². The van der Waals surface area contributed by atoms with Crippen LogP contribution < -0.4 is 15.4 Å². The fraction of sp³-hybridized carbons (Fsp3) is 0.227. The molecule has 0 bridgehead atoms. The number of anilines is 3. The minimum atomic E-state index is 0.259. The first kappa shape index (κ1) is 18.7. The molecule has 7 nitrogen and oxygen atoms in total. The molecule has 0 fully saturated rings. The van der Waals surface area contributed by atoms with E-state index >= 15 is 0 Å². The zero-order chi connectivity index (χ0) is 20.2. The zero-order valence-electron chi connectivity index (χ0n) is 16.8. The lowest BCUT2D eigenvalue weighted by Gasteiger charge is -2.14. The normalized spacial score (nSPS) is 12.0. The summed E-state index contributed by atoms with van der Waals surface area (Å²) >= 11 is 0. The molecule has 7 heteroatoms. The number of benzene rings is 2. The van der Waals surface area contributed by atoms with E-state index in [0.717, 1.165) is 34.6 Å². The predicted molar refractivity (Wildman–Crippen MR) is 116 cm³/mol. The van der Waals surface area contributed by atoms with Crippen LogP contribution in [0.4, 0.5) is 17.5 Å². The average Bonchev–Trinajstić information content (AvgIpc) is 3.19. The SMILES string of the molecule is CC[C@@H](C)Nc1nc(Nc2ccc(OC)cc2)c2cnn(-c3ccccc3)c2n1. The summed E-state index contributed by atoms with van der Waals surface area (Å²) in [6.45, 7) is 4.24. The highest BCUT2D eigenvalue weighted by atomic mass is 16.5. The topological polar surface area (TPSA) is 76.9 Å². The van der Waals surface area contributed by atoms with Gasteiger partial charge in [0.1, 0.15) is 11.6 Å². The Balaban J connectivity index is 1.79. The second-order valence-corrected chi connectivity index (χ2v) is 6.83. The Morgan fingerprint density at radius 2 is 1.79 bits per heavy atom. The molecule has 2 heterocycles. The van der Waals surface area contributed by atoms with Gasteiger partial charge in [-0.1, -0.05) is 25.1 Å². The van der Waals surface area contributed by atoms with Gasteiger partial charge in [0.15, 0.2) is 5.65 Å². The predicted octanol–water partition coefficient (Wildman–Crippen LogP) is 4.78. The minimum absolute atomic E-state index is 0.259. The van der Waals surface area contributed by atoms with E-state index in [2.05, 4.69) is 29.6 Å². The van der Waals surface area contributed by atoms with Crippen molar-refractivity contribution < 1.29 is 4.74 Å². The van der Waals surface area contributed by atoms with Gasteiger partial charge in [-0.15, -0.1) is 0 Å². The molecule has 4 aromatic rings. The van der Waals surface area contributed by atoms with E-state index in [1.807, 2.05) is 59.3 Å². The number of hydrogen-bond donors (Lipinski definition) is 2. The monoisotopic (exact) mass is 388 g/mol. The van der Waals surface area contributed by atoms with Crippen LogP contribution in [0.5, 0.6) is 5.75 Å². The van der Waals surface area contributed by atoms with Gasteiger partial charge in [0.2, 0.25) is 5.95 Å². The summed E-state index contributed by atoms with van der Waals surface area (Å²) in [5.74, 6) is 2.08. The smallest absolute Gasteiger partial charge is 0.226 e. The van der Waals surface area contributed by atoms with Gasteiger partial charge in [0.05, 0.1) is 24.4 Å². The van der Waals surface area contributed by atoms with Crippen molar-refractivity contribution in [2.24, 2.45) is 0 Å². The molecule has 1 atom stereocenters. The highest BCUT2D eigenvalue weighted by molar-refractivity contribution is 5.90. The molecule has 0 radical (unpaired) electrons. The Morgan fingerprint density at radius 3 is 2.48 bits per heavy atom. The van der Waals surface area contributed by atoms with Crippen LogP contribution in [0.1, 0.15) is 20.3 Å². The minimum Gasteiger partial charge on any atom is -0.497 e. The third kappa shape index (κ3) is 3.99. The van der Waals surface area contributed by atoms with Crippen LogP contribution in [-0.4, -0.2) is 32.9 Å². The summed E-state index contributed by atoms with van der Waals surface area (Å²) in [6.07, 6.45) is 2.77. The van der Waals surface area contributed by atoms with Crippen molar-refractivity contribution in [3.63, 3.8) is 0 Å². The van der Waals surface area contributed by atoms with Gasteiger partial charge in [0.25, 0.3) is 0 Å². The van der Waals surface area contributed by atoms with E-state index in [9.17, 15) is 0 Å². The fourth-order valence-electron chi connectivity index (χ4n) is 2.96. The summed E-state index contributed by atoms with van der Waals surface area (Å²) in [7, 11) is 1.65. The molecule has 0 amide bonds. The molecule has 4 rings (SSSR count). The lowest BCUT2D eigenvalue weighted by atomic mass is 10.2. The van der Waals surface area contributed by atoms with Gasteiger partial charge in [-0.05, 0) is 49.7 Å². The van der Waals surface area contributed by atoms with Gasteiger partial charge in [-0.2, -0.15) is 15.1 Å². The Hall–Kier alpha value is -3.61. The number of nitrogens with zero attached hydrogens (tertiary/aromatic N) is 4. The maximum absolute atomic E-state index is 5.24.